The lowest BCUT2D eigenvalue weighted by molar-refractivity contribution is -0.156. The zero-order valence-corrected chi connectivity index (χ0v) is 8.81. The summed E-state index contributed by atoms with van der Waals surface area (Å²) < 4.78 is 26.2. The van der Waals surface area contributed by atoms with Crippen molar-refractivity contribution >= 4 is 5.97 Å². The van der Waals surface area contributed by atoms with Crippen LogP contribution in [0.25, 0.3) is 0 Å². The van der Waals surface area contributed by atoms with E-state index in [-0.39, 0.29) is 5.56 Å². The molecule has 0 aromatic carbocycles. The van der Waals surface area contributed by atoms with Crippen LogP contribution in [0.4, 0.5) is 8.78 Å². The summed E-state index contributed by atoms with van der Waals surface area (Å²) in [5, 5.41) is 21.7. The molecule has 0 saturated carbocycles. The molecule has 0 fully saturated rings. The van der Waals surface area contributed by atoms with E-state index >= 15 is 0 Å². The second-order valence-corrected chi connectivity index (χ2v) is 3.77. The number of carboxylic acids is 1. The van der Waals surface area contributed by atoms with Crippen LogP contribution in [0.3, 0.4) is 0 Å². The SMILES string of the molecule is Cn1cc(CC(C)(O)C(=O)O)c(C(F)F)n1. The van der Waals surface area contributed by atoms with Gasteiger partial charge in [0.2, 0.25) is 0 Å². The Morgan fingerprint density at radius 3 is 2.69 bits per heavy atom. The number of aryl methyl sites for hydroxylation is 1. The van der Waals surface area contributed by atoms with Crippen LogP contribution >= 0.6 is 0 Å². The van der Waals surface area contributed by atoms with Crippen molar-refractivity contribution in [1.82, 2.24) is 9.78 Å². The Balaban J connectivity index is 3.01. The third-order valence-electron chi connectivity index (χ3n) is 2.14. The molecule has 0 saturated heterocycles. The average molecular weight is 234 g/mol. The van der Waals surface area contributed by atoms with Crippen molar-refractivity contribution in [2.75, 3.05) is 0 Å². The summed E-state index contributed by atoms with van der Waals surface area (Å²) in [5.74, 6) is -1.46. The summed E-state index contributed by atoms with van der Waals surface area (Å²) in [6.07, 6.45) is -1.92. The lowest BCUT2D eigenvalue weighted by atomic mass is 9.97. The number of carbonyl (C=O) groups is 1. The summed E-state index contributed by atoms with van der Waals surface area (Å²) >= 11 is 0. The van der Waals surface area contributed by atoms with E-state index in [1.807, 2.05) is 0 Å². The van der Waals surface area contributed by atoms with Crippen LogP contribution < -0.4 is 0 Å². The van der Waals surface area contributed by atoms with E-state index < -0.39 is 30.1 Å². The minimum absolute atomic E-state index is 0.0323. The van der Waals surface area contributed by atoms with Crippen molar-refractivity contribution in [3.63, 3.8) is 0 Å². The minimum Gasteiger partial charge on any atom is -0.479 e. The summed E-state index contributed by atoms with van der Waals surface area (Å²) in [6, 6.07) is 0. The van der Waals surface area contributed by atoms with Crippen LogP contribution in [0.1, 0.15) is 24.6 Å². The van der Waals surface area contributed by atoms with Gasteiger partial charge in [0.25, 0.3) is 6.43 Å². The van der Waals surface area contributed by atoms with Gasteiger partial charge in [0, 0.05) is 25.2 Å². The van der Waals surface area contributed by atoms with Gasteiger partial charge in [-0.15, -0.1) is 0 Å². The molecule has 0 radical (unpaired) electrons. The molecule has 16 heavy (non-hydrogen) atoms. The smallest absolute Gasteiger partial charge is 0.335 e. The number of hydrogen-bond acceptors (Lipinski definition) is 3. The van der Waals surface area contributed by atoms with Crippen LogP contribution in [-0.2, 0) is 18.3 Å². The minimum atomic E-state index is -2.79. The zero-order valence-electron chi connectivity index (χ0n) is 8.81. The number of aliphatic carboxylic acids is 1. The topological polar surface area (TPSA) is 75.4 Å². The highest BCUT2D eigenvalue weighted by Gasteiger charge is 2.33. The van der Waals surface area contributed by atoms with E-state index in [9.17, 15) is 18.7 Å². The van der Waals surface area contributed by atoms with Gasteiger partial charge >= 0.3 is 5.97 Å². The molecule has 1 aromatic rings. The van der Waals surface area contributed by atoms with E-state index in [1.54, 1.807) is 0 Å². The van der Waals surface area contributed by atoms with Crippen molar-refractivity contribution in [2.24, 2.45) is 7.05 Å². The molecule has 1 unspecified atom stereocenters. The lowest BCUT2D eigenvalue weighted by Crippen LogP contribution is -2.37. The molecule has 7 heteroatoms. The molecule has 90 valence electrons. The summed E-state index contributed by atoms with van der Waals surface area (Å²) in [7, 11) is 1.45. The fourth-order valence-electron chi connectivity index (χ4n) is 1.32. The summed E-state index contributed by atoms with van der Waals surface area (Å²) in [5.41, 5.74) is -2.54. The maximum atomic E-state index is 12.5. The van der Waals surface area contributed by atoms with Crippen molar-refractivity contribution < 1.29 is 23.8 Å². The highest BCUT2D eigenvalue weighted by atomic mass is 19.3. The number of aromatic nitrogens is 2. The van der Waals surface area contributed by atoms with Crippen LogP contribution in [0.2, 0.25) is 0 Å². The molecule has 5 nitrogen and oxygen atoms in total. The van der Waals surface area contributed by atoms with Gasteiger partial charge in [-0.3, -0.25) is 4.68 Å². The Morgan fingerprint density at radius 1 is 1.69 bits per heavy atom. The zero-order chi connectivity index (χ0) is 12.5. The first-order chi connectivity index (χ1) is 7.24. The third-order valence-corrected chi connectivity index (χ3v) is 2.14. The molecule has 0 aliphatic rings. The van der Waals surface area contributed by atoms with Crippen LogP contribution in [0.5, 0.6) is 0 Å². The fraction of sp³-hybridized carbons (Fsp3) is 0.556. The van der Waals surface area contributed by atoms with Gasteiger partial charge in [0.15, 0.2) is 5.60 Å². The summed E-state index contributed by atoms with van der Waals surface area (Å²) in [6.45, 7) is 1.05. The van der Waals surface area contributed by atoms with Crippen molar-refractivity contribution in [3.05, 3.63) is 17.5 Å². The van der Waals surface area contributed by atoms with Crippen molar-refractivity contribution in [3.8, 4) is 0 Å². The number of rotatable bonds is 4. The Morgan fingerprint density at radius 2 is 2.25 bits per heavy atom. The standard InChI is InChI=1S/C9H12F2N2O3/c1-9(16,8(14)15)3-5-4-13(2)12-6(5)7(10)11/h4,7,16H,3H2,1-2H3,(H,14,15). The highest BCUT2D eigenvalue weighted by Crippen LogP contribution is 2.24. The van der Waals surface area contributed by atoms with E-state index in [0.717, 1.165) is 11.6 Å². The van der Waals surface area contributed by atoms with Crippen LogP contribution in [0, 0.1) is 0 Å². The maximum Gasteiger partial charge on any atom is 0.335 e. The van der Waals surface area contributed by atoms with Gasteiger partial charge in [-0.05, 0) is 6.92 Å². The Hall–Kier alpha value is -1.50. The molecule has 0 aliphatic heterocycles. The molecule has 0 spiro atoms. The second-order valence-electron chi connectivity index (χ2n) is 3.77. The Kier molecular flexibility index (Phi) is 3.27. The molecular formula is C9H12F2N2O3. The molecule has 1 atom stereocenters. The molecular weight excluding hydrogens is 222 g/mol. The van der Waals surface area contributed by atoms with Gasteiger partial charge in [0.05, 0.1) is 0 Å². The lowest BCUT2D eigenvalue weighted by Gasteiger charge is -2.17. The Bertz CT molecular complexity index is 401. The number of halogens is 2. The first-order valence-corrected chi connectivity index (χ1v) is 4.50. The highest BCUT2D eigenvalue weighted by molar-refractivity contribution is 5.77. The average Bonchev–Trinajstić information content (AvgIpc) is 2.45. The predicted molar refractivity (Wildman–Crippen MR) is 50.1 cm³/mol. The molecule has 1 heterocycles. The number of alkyl halides is 2. The normalized spacial score (nSPS) is 15.1. The van der Waals surface area contributed by atoms with E-state index in [0.29, 0.717) is 0 Å². The van der Waals surface area contributed by atoms with Gasteiger partial charge < -0.3 is 10.2 Å². The van der Waals surface area contributed by atoms with Crippen molar-refractivity contribution in [2.45, 2.75) is 25.4 Å². The molecule has 1 aromatic heterocycles. The number of hydrogen-bond donors (Lipinski definition) is 2. The van der Waals surface area contributed by atoms with Gasteiger partial charge in [0.1, 0.15) is 5.69 Å². The van der Waals surface area contributed by atoms with Crippen LogP contribution in [-0.4, -0.2) is 31.6 Å². The number of carboxylic acid groups (broad SMARTS) is 1. The van der Waals surface area contributed by atoms with Crippen molar-refractivity contribution in [1.29, 1.82) is 0 Å². The molecule has 0 bridgehead atoms. The fourth-order valence-corrected chi connectivity index (χ4v) is 1.32. The molecule has 0 amide bonds. The van der Waals surface area contributed by atoms with E-state index in [1.165, 1.54) is 13.2 Å². The summed E-state index contributed by atoms with van der Waals surface area (Å²) in [4.78, 5) is 10.6. The largest absolute Gasteiger partial charge is 0.479 e. The first-order valence-electron chi connectivity index (χ1n) is 4.50. The number of aliphatic hydroxyl groups is 1. The van der Waals surface area contributed by atoms with Gasteiger partial charge in [-0.25, -0.2) is 13.6 Å². The second kappa shape index (κ2) is 4.17. The molecule has 2 N–H and O–H groups in total. The quantitative estimate of drug-likeness (QED) is 0.805. The monoisotopic (exact) mass is 234 g/mol. The van der Waals surface area contributed by atoms with Gasteiger partial charge in [-0.2, -0.15) is 5.10 Å². The Labute approximate surface area is 90.3 Å². The van der Waals surface area contributed by atoms with E-state index in [2.05, 4.69) is 5.10 Å². The molecule has 0 aliphatic carbocycles. The van der Waals surface area contributed by atoms with E-state index in [4.69, 9.17) is 5.11 Å². The third kappa shape index (κ3) is 2.54. The molecule has 1 rings (SSSR count). The number of nitrogens with zero attached hydrogens (tertiary/aromatic N) is 2. The van der Waals surface area contributed by atoms with Crippen LogP contribution in [0.15, 0.2) is 6.20 Å². The van der Waals surface area contributed by atoms with Gasteiger partial charge in [-0.1, -0.05) is 0 Å². The maximum absolute atomic E-state index is 12.5. The first kappa shape index (κ1) is 12.6. The predicted octanol–water partition coefficient (Wildman–Crippen LogP) is 0.736.